The average molecular weight is 529 g/mol. The van der Waals surface area contributed by atoms with Gasteiger partial charge in [0, 0.05) is 37.8 Å². The van der Waals surface area contributed by atoms with Gasteiger partial charge in [0.05, 0.1) is 34.8 Å². The van der Waals surface area contributed by atoms with Gasteiger partial charge in [0.2, 0.25) is 0 Å². The number of aliphatic carboxylic acids is 1. The zero-order chi connectivity index (χ0) is 25.2. The molecule has 0 unspecified atom stereocenters. The maximum Gasteiger partial charge on any atom is 0.417 e. The van der Waals surface area contributed by atoms with Crippen LogP contribution in [0.1, 0.15) is 28.8 Å². The van der Waals surface area contributed by atoms with Gasteiger partial charge in [-0.1, -0.05) is 11.6 Å². The van der Waals surface area contributed by atoms with Crippen LogP contribution in [-0.4, -0.2) is 62.7 Å². The molecule has 3 heterocycles. The van der Waals surface area contributed by atoms with Crippen LogP contribution >= 0.6 is 23.4 Å². The number of morpholine rings is 1. The molecule has 3 aromatic rings. The summed E-state index contributed by atoms with van der Waals surface area (Å²) < 4.78 is 45.9. The first-order chi connectivity index (χ1) is 16.6. The first kappa shape index (κ1) is 25.3. The number of nitrogens with zero attached hydrogens (tertiary/aromatic N) is 4. The van der Waals surface area contributed by atoms with Crippen molar-refractivity contribution in [3.63, 3.8) is 0 Å². The van der Waals surface area contributed by atoms with Crippen LogP contribution in [0.4, 0.5) is 13.2 Å². The molecule has 4 rings (SSSR count). The smallest absolute Gasteiger partial charge is 0.417 e. The number of carbonyl (C=O) groups is 2. The van der Waals surface area contributed by atoms with Gasteiger partial charge in [-0.15, -0.1) is 0 Å². The molecule has 0 aliphatic carbocycles. The lowest BCUT2D eigenvalue weighted by atomic mass is 10.1. The lowest BCUT2D eigenvalue weighted by molar-refractivity contribution is -0.138. The number of halogens is 4. The van der Waals surface area contributed by atoms with Gasteiger partial charge in [-0.25, -0.2) is 9.97 Å². The number of carboxylic acids is 1. The monoisotopic (exact) mass is 528 g/mol. The number of carboxylic acid groups (broad SMARTS) is 1. The van der Waals surface area contributed by atoms with E-state index in [1.165, 1.54) is 0 Å². The van der Waals surface area contributed by atoms with E-state index >= 15 is 0 Å². The molecule has 1 amide bonds. The van der Waals surface area contributed by atoms with Crippen molar-refractivity contribution in [2.24, 2.45) is 0 Å². The number of benzene rings is 1. The number of ether oxygens (including phenoxy) is 1. The van der Waals surface area contributed by atoms with Crippen molar-refractivity contribution < 1.29 is 32.6 Å². The van der Waals surface area contributed by atoms with E-state index in [1.807, 2.05) is 0 Å². The Morgan fingerprint density at radius 1 is 1.20 bits per heavy atom. The predicted octanol–water partition coefficient (Wildman–Crippen LogP) is 4.59. The Labute approximate surface area is 207 Å². The maximum absolute atomic E-state index is 13.0. The van der Waals surface area contributed by atoms with Crippen molar-refractivity contribution in [2.45, 2.75) is 35.7 Å². The number of hydrogen-bond donors (Lipinski definition) is 1. The molecule has 1 aliphatic rings. The molecule has 0 bridgehead atoms. The van der Waals surface area contributed by atoms with Gasteiger partial charge in [0.25, 0.3) is 5.91 Å². The zero-order valence-electron chi connectivity index (χ0n) is 18.2. The van der Waals surface area contributed by atoms with Gasteiger partial charge in [-0.2, -0.15) is 13.2 Å². The van der Waals surface area contributed by atoms with E-state index in [2.05, 4.69) is 9.97 Å². The second kappa shape index (κ2) is 10.4. The molecule has 2 aromatic heterocycles. The molecule has 1 N–H and O–H groups in total. The Balaban J connectivity index is 1.67. The fourth-order valence-corrected chi connectivity index (χ4v) is 4.77. The van der Waals surface area contributed by atoms with Crippen LogP contribution in [0.25, 0.3) is 11.0 Å². The molecule has 13 heteroatoms. The van der Waals surface area contributed by atoms with Crippen LogP contribution < -0.4 is 0 Å². The summed E-state index contributed by atoms with van der Waals surface area (Å²) in [7, 11) is 0. The molecule has 186 valence electrons. The van der Waals surface area contributed by atoms with Gasteiger partial charge in [0.1, 0.15) is 5.03 Å². The molecule has 8 nitrogen and oxygen atoms in total. The SMILES string of the molecule is O=C(O)CCCn1c(Sc2ncc(C(F)(F)F)cc2Cl)nc2cc(C(=O)N3CCOCC3)ccc21. The highest BCUT2D eigenvalue weighted by atomic mass is 35.5. The van der Waals surface area contributed by atoms with Gasteiger partial charge >= 0.3 is 12.1 Å². The number of amides is 1. The van der Waals surface area contributed by atoms with Crippen LogP contribution in [0.3, 0.4) is 0 Å². The van der Waals surface area contributed by atoms with Crippen LogP contribution in [0.5, 0.6) is 0 Å². The van der Waals surface area contributed by atoms with Crippen LogP contribution in [-0.2, 0) is 22.3 Å². The zero-order valence-corrected chi connectivity index (χ0v) is 19.8. The second-order valence-corrected chi connectivity index (χ2v) is 9.13. The fourth-order valence-electron chi connectivity index (χ4n) is 3.61. The third kappa shape index (κ3) is 5.88. The van der Waals surface area contributed by atoms with Crippen molar-refractivity contribution >= 4 is 46.3 Å². The number of rotatable bonds is 7. The molecule has 1 aliphatic heterocycles. The molecule has 0 radical (unpaired) electrons. The minimum atomic E-state index is -4.58. The topological polar surface area (TPSA) is 97.5 Å². The summed E-state index contributed by atoms with van der Waals surface area (Å²) in [5, 5.41) is 9.32. The third-order valence-corrected chi connectivity index (χ3v) is 6.77. The minimum absolute atomic E-state index is 0.0728. The summed E-state index contributed by atoms with van der Waals surface area (Å²) >= 11 is 7.05. The van der Waals surface area contributed by atoms with Gasteiger partial charge in [0.15, 0.2) is 5.16 Å². The number of aromatic nitrogens is 3. The average Bonchev–Trinajstić information content (AvgIpc) is 3.15. The highest BCUT2D eigenvalue weighted by Gasteiger charge is 2.32. The van der Waals surface area contributed by atoms with E-state index in [0.29, 0.717) is 67.2 Å². The van der Waals surface area contributed by atoms with E-state index in [9.17, 15) is 22.8 Å². The Morgan fingerprint density at radius 2 is 1.94 bits per heavy atom. The second-order valence-electron chi connectivity index (χ2n) is 7.76. The number of hydrogen-bond acceptors (Lipinski definition) is 6. The first-order valence-electron chi connectivity index (χ1n) is 10.6. The highest BCUT2D eigenvalue weighted by Crippen LogP contribution is 2.37. The van der Waals surface area contributed by atoms with Gasteiger partial charge < -0.3 is 19.3 Å². The standard InChI is InChI=1S/C22H20ClF3N4O4S/c23-15-11-14(22(24,25)26)12-27-19(15)35-21-28-16-10-13(20(33)29-6-8-34-9-7-29)3-4-17(16)30(21)5-1-2-18(31)32/h3-4,10-12H,1-2,5-9H2,(H,31,32). The number of pyridine rings is 1. The number of fused-ring (bicyclic) bond motifs is 1. The maximum atomic E-state index is 13.0. The Morgan fingerprint density at radius 3 is 2.60 bits per heavy atom. The summed E-state index contributed by atoms with van der Waals surface area (Å²) in [6, 6.07) is 5.84. The van der Waals surface area contributed by atoms with Crippen molar-refractivity contribution in [3.05, 3.63) is 46.6 Å². The Hall–Kier alpha value is -2.83. The van der Waals surface area contributed by atoms with Crippen LogP contribution in [0, 0.1) is 0 Å². The summed E-state index contributed by atoms with van der Waals surface area (Å²) in [4.78, 5) is 34.0. The van der Waals surface area contributed by atoms with E-state index < -0.39 is 17.7 Å². The van der Waals surface area contributed by atoms with Gasteiger partial charge in [-0.3, -0.25) is 9.59 Å². The summed E-state index contributed by atoms with van der Waals surface area (Å²) in [6.45, 7) is 2.20. The molecule has 0 saturated carbocycles. The molecule has 1 aromatic carbocycles. The predicted molar refractivity (Wildman–Crippen MR) is 122 cm³/mol. The lowest BCUT2D eigenvalue weighted by Gasteiger charge is -2.26. The molecule has 0 spiro atoms. The van der Waals surface area contributed by atoms with E-state index in [0.717, 1.165) is 17.8 Å². The lowest BCUT2D eigenvalue weighted by Crippen LogP contribution is -2.40. The summed E-state index contributed by atoms with van der Waals surface area (Å²) in [6.07, 6.45) is -3.65. The first-order valence-corrected chi connectivity index (χ1v) is 11.8. The summed E-state index contributed by atoms with van der Waals surface area (Å²) in [5.41, 5.74) is 0.620. The summed E-state index contributed by atoms with van der Waals surface area (Å²) in [5.74, 6) is -1.10. The van der Waals surface area contributed by atoms with Crippen molar-refractivity contribution in [2.75, 3.05) is 26.3 Å². The quantitative estimate of drug-likeness (QED) is 0.479. The minimum Gasteiger partial charge on any atom is -0.481 e. The molecular formula is C22H20ClF3N4O4S. The normalized spacial score (nSPS) is 14.5. The van der Waals surface area contributed by atoms with E-state index in [1.54, 1.807) is 27.7 Å². The van der Waals surface area contributed by atoms with E-state index in [-0.39, 0.29) is 22.4 Å². The van der Waals surface area contributed by atoms with Gasteiger partial charge in [-0.05, 0) is 42.4 Å². The number of alkyl halides is 3. The van der Waals surface area contributed by atoms with Crippen LogP contribution in [0.2, 0.25) is 5.02 Å². The molecular weight excluding hydrogens is 509 g/mol. The van der Waals surface area contributed by atoms with Crippen molar-refractivity contribution in [1.29, 1.82) is 0 Å². The third-order valence-electron chi connectivity index (χ3n) is 5.35. The number of imidazole rings is 1. The van der Waals surface area contributed by atoms with Crippen molar-refractivity contribution in [1.82, 2.24) is 19.4 Å². The number of carbonyl (C=O) groups excluding carboxylic acids is 1. The van der Waals surface area contributed by atoms with Crippen LogP contribution in [0.15, 0.2) is 40.6 Å². The fraction of sp³-hybridized carbons (Fsp3) is 0.364. The molecule has 1 saturated heterocycles. The highest BCUT2D eigenvalue weighted by molar-refractivity contribution is 7.99. The van der Waals surface area contributed by atoms with Crippen molar-refractivity contribution in [3.8, 4) is 0 Å². The molecule has 1 fully saturated rings. The molecule has 0 atom stereocenters. The van der Waals surface area contributed by atoms with E-state index in [4.69, 9.17) is 21.4 Å². The molecule has 35 heavy (non-hydrogen) atoms. The Kier molecular flexibility index (Phi) is 7.53. The largest absolute Gasteiger partial charge is 0.481 e. The number of aryl methyl sites for hydroxylation is 1. The Bertz CT molecular complexity index is 1260.